The van der Waals surface area contributed by atoms with E-state index in [9.17, 15) is 0 Å². The molecule has 0 amide bonds. The lowest BCUT2D eigenvalue weighted by molar-refractivity contribution is 1.05. The van der Waals surface area contributed by atoms with Crippen LogP contribution < -0.4 is 5.73 Å². The Morgan fingerprint density at radius 3 is 2.24 bits per heavy atom. The highest BCUT2D eigenvalue weighted by Crippen LogP contribution is 2.28. The third kappa shape index (κ3) is 2.37. The summed E-state index contributed by atoms with van der Waals surface area (Å²) < 4.78 is 0. The van der Waals surface area contributed by atoms with Crippen molar-refractivity contribution in [3.8, 4) is 11.1 Å². The zero-order chi connectivity index (χ0) is 12.4. The van der Waals surface area contributed by atoms with Crippen LogP contribution >= 0.6 is 0 Å². The van der Waals surface area contributed by atoms with Crippen molar-refractivity contribution >= 4 is 0 Å². The summed E-state index contributed by atoms with van der Waals surface area (Å²) in [6.45, 7) is 6.94. The molecule has 1 heterocycles. The Labute approximate surface area is 103 Å². The minimum Gasteiger partial charge on any atom is -0.326 e. The van der Waals surface area contributed by atoms with Crippen molar-refractivity contribution in [1.29, 1.82) is 0 Å². The predicted molar refractivity (Wildman–Crippen MR) is 71.8 cm³/mol. The van der Waals surface area contributed by atoms with Crippen molar-refractivity contribution < 1.29 is 0 Å². The first-order chi connectivity index (χ1) is 8.11. The third-order valence-electron chi connectivity index (χ3n) is 3.00. The lowest BCUT2D eigenvalue weighted by Crippen LogP contribution is -1.98. The molecule has 0 unspecified atom stereocenters. The molecule has 0 saturated carbocycles. The Morgan fingerprint density at radius 1 is 1.00 bits per heavy atom. The Balaban J connectivity index is 2.60. The average Bonchev–Trinajstić information content (AvgIpc) is 2.28. The van der Waals surface area contributed by atoms with Crippen molar-refractivity contribution in [2.24, 2.45) is 5.73 Å². The molecule has 1 aromatic heterocycles. The number of benzene rings is 1. The van der Waals surface area contributed by atoms with E-state index in [0.29, 0.717) is 6.54 Å². The number of aryl methyl sites for hydroxylation is 3. The van der Waals surface area contributed by atoms with Gasteiger partial charge in [0.25, 0.3) is 0 Å². The number of hydrogen-bond acceptors (Lipinski definition) is 2. The summed E-state index contributed by atoms with van der Waals surface area (Å²) in [5.41, 5.74) is 13.0. The van der Waals surface area contributed by atoms with Crippen LogP contribution in [0.25, 0.3) is 11.1 Å². The van der Waals surface area contributed by atoms with E-state index in [1.165, 1.54) is 22.3 Å². The van der Waals surface area contributed by atoms with E-state index in [4.69, 9.17) is 5.73 Å². The predicted octanol–water partition coefficient (Wildman–Crippen LogP) is 3.13. The van der Waals surface area contributed by atoms with Gasteiger partial charge in [0.15, 0.2) is 0 Å². The highest BCUT2D eigenvalue weighted by atomic mass is 14.6. The normalized spacial score (nSPS) is 10.6. The minimum atomic E-state index is 0.533. The summed E-state index contributed by atoms with van der Waals surface area (Å²) in [7, 11) is 0. The van der Waals surface area contributed by atoms with Crippen molar-refractivity contribution in [2.45, 2.75) is 27.3 Å². The van der Waals surface area contributed by atoms with E-state index in [0.717, 1.165) is 11.1 Å². The molecule has 0 spiro atoms. The van der Waals surface area contributed by atoms with E-state index in [1.807, 2.05) is 12.4 Å². The SMILES string of the molecule is Cc1cc(C)c(-c2cncc(CN)c2)c(C)c1. The molecule has 0 bridgehead atoms. The molecule has 0 atom stereocenters. The maximum absolute atomic E-state index is 5.66. The number of rotatable bonds is 2. The van der Waals surface area contributed by atoms with Crippen LogP contribution in [0.4, 0.5) is 0 Å². The van der Waals surface area contributed by atoms with Gasteiger partial charge < -0.3 is 5.73 Å². The van der Waals surface area contributed by atoms with Gasteiger partial charge in [0.1, 0.15) is 0 Å². The highest BCUT2D eigenvalue weighted by molar-refractivity contribution is 5.71. The first-order valence-corrected chi connectivity index (χ1v) is 5.84. The smallest absolute Gasteiger partial charge is 0.0346 e. The molecular weight excluding hydrogens is 208 g/mol. The molecule has 0 aliphatic carbocycles. The topological polar surface area (TPSA) is 38.9 Å². The summed E-state index contributed by atoms with van der Waals surface area (Å²) in [6.07, 6.45) is 3.73. The monoisotopic (exact) mass is 226 g/mol. The van der Waals surface area contributed by atoms with Crippen molar-refractivity contribution in [2.75, 3.05) is 0 Å². The van der Waals surface area contributed by atoms with E-state index in [1.54, 1.807) is 0 Å². The summed E-state index contributed by atoms with van der Waals surface area (Å²) in [5.74, 6) is 0. The van der Waals surface area contributed by atoms with Gasteiger partial charge in [0, 0.05) is 24.5 Å². The minimum absolute atomic E-state index is 0.533. The van der Waals surface area contributed by atoms with E-state index in [-0.39, 0.29) is 0 Å². The van der Waals surface area contributed by atoms with Crippen LogP contribution in [0, 0.1) is 20.8 Å². The summed E-state index contributed by atoms with van der Waals surface area (Å²) in [5, 5.41) is 0. The highest BCUT2D eigenvalue weighted by Gasteiger charge is 2.07. The van der Waals surface area contributed by atoms with E-state index < -0.39 is 0 Å². The molecule has 2 heteroatoms. The molecule has 2 rings (SSSR count). The van der Waals surface area contributed by atoms with Crippen LogP contribution in [0.5, 0.6) is 0 Å². The van der Waals surface area contributed by atoms with Gasteiger partial charge in [-0.3, -0.25) is 4.98 Å². The van der Waals surface area contributed by atoms with Gasteiger partial charge in [-0.25, -0.2) is 0 Å². The molecule has 0 fully saturated rings. The molecule has 0 aliphatic heterocycles. The lowest BCUT2D eigenvalue weighted by Gasteiger charge is -2.12. The van der Waals surface area contributed by atoms with Crippen molar-refractivity contribution in [1.82, 2.24) is 4.98 Å². The maximum atomic E-state index is 5.66. The fourth-order valence-electron chi connectivity index (χ4n) is 2.37. The molecule has 2 nitrogen and oxygen atoms in total. The van der Waals surface area contributed by atoms with Gasteiger partial charge in [-0.15, -0.1) is 0 Å². The number of aromatic nitrogens is 1. The molecule has 0 saturated heterocycles. The average molecular weight is 226 g/mol. The van der Waals surface area contributed by atoms with Crippen LogP contribution in [0.1, 0.15) is 22.3 Å². The van der Waals surface area contributed by atoms with Crippen LogP contribution in [0.15, 0.2) is 30.6 Å². The van der Waals surface area contributed by atoms with Gasteiger partial charge in [0.2, 0.25) is 0 Å². The zero-order valence-electron chi connectivity index (χ0n) is 10.6. The third-order valence-corrected chi connectivity index (χ3v) is 3.00. The van der Waals surface area contributed by atoms with Crippen LogP contribution in [-0.4, -0.2) is 4.98 Å². The Kier molecular flexibility index (Phi) is 3.25. The van der Waals surface area contributed by atoms with Crippen molar-refractivity contribution in [3.05, 3.63) is 52.8 Å². The molecule has 17 heavy (non-hydrogen) atoms. The number of hydrogen-bond donors (Lipinski definition) is 1. The van der Waals surface area contributed by atoms with Gasteiger partial charge in [-0.05, 0) is 49.1 Å². The fraction of sp³-hybridized carbons (Fsp3) is 0.267. The van der Waals surface area contributed by atoms with E-state index >= 15 is 0 Å². The lowest BCUT2D eigenvalue weighted by atomic mass is 9.94. The molecule has 0 radical (unpaired) electrons. The summed E-state index contributed by atoms with van der Waals surface area (Å²) in [6, 6.07) is 6.53. The van der Waals surface area contributed by atoms with Crippen LogP contribution in [0.2, 0.25) is 0 Å². The van der Waals surface area contributed by atoms with Crippen LogP contribution in [0.3, 0.4) is 0 Å². The fourth-order valence-corrected chi connectivity index (χ4v) is 2.37. The summed E-state index contributed by atoms with van der Waals surface area (Å²) >= 11 is 0. The second-order valence-corrected chi connectivity index (χ2v) is 4.56. The second-order valence-electron chi connectivity index (χ2n) is 4.56. The van der Waals surface area contributed by atoms with Gasteiger partial charge in [-0.2, -0.15) is 0 Å². The van der Waals surface area contributed by atoms with Crippen molar-refractivity contribution in [3.63, 3.8) is 0 Å². The second kappa shape index (κ2) is 4.68. The van der Waals surface area contributed by atoms with Gasteiger partial charge in [-0.1, -0.05) is 17.7 Å². The molecular formula is C15H18N2. The number of pyridine rings is 1. The first kappa shape index (κ1) is 11.8. The Bertz CT molecular complexity index is 521. The Hall–Kier alpha value is -1.67. The van der Waals surface area contributed by atoms with Gasteiger partial charge >= 0.3 is 0 Å². The summed E-state index contributed by atoms with van der Waals surface area (Å²) in [4.78, 5) is 4.26. The Morgan fingerprint density at radius 2 is 1.65 bits per heavy atom. The molecule has 1 aromatic carbocycles. The van der Waals surface area contributed by atoms with E-state index in [2.05, 4.69) is 44.0 Å². The van der Waals surface area contributed by atoms with Gasteiger partial charge in [0.05, 0.1) is 0 Å². The van der Waals surface area contributed by atoms with Crippen LogP contribution in [-0.2, 0) is 6.54 Å². The number of nitrogens with zero attached hydrogens (tertiary/aromatic N) is 1. The molecule has 2 aromatic rings. The standard InChI is InChI=1S/C15H18N2/c1-10-4-11(2)15(12(3)5-10)14-6-13(7-16)8-17-9-14/h4-6,8-9H,7,16H2,1-3H3. The zero-order valence-corrected chi connectivity index (χ0v) is 10.6. The first-order valence-electron chi connectivity index (χ1n) is 5.84. The molecule has 0 aliphatic rings. The number of nitrogens with two attached hydrogens (primary N) is 1. The molecule has 88 valence electrons. The molecule has 2 N–H and O–H groups in total. The quantitative estimate of drug-likeness (QED) is 0.854. The maximum Gasteiger partial charge on any atom is 0.0346 e. The largest absolute Gasteiger partial charge is 0.326 e.